The first-order valence-corrected chi connectivity index (χ1v) is 6.04. The number of carbonyl (C=O) groups is 1. The molecule has 0 atom stereocenters. The van der Waals surface area contributed by atoms with Crippen molar-refractivity contribution in [2.75, 3.05) is 5.32 Å². The summed E-state index contributed by atoms with van der Waals surface area (Å²) in [4.78, 5) is 11.8. The minimum atomic E-state index is -0.624. The van der Waals surface area contributed by atoms with Crippen LogP contribution in [0.1, 0.15) is 19.3 Å². The maximum Gasteiger partial charge on any atom is 0.244 e. The van der Waals surface area contributed by atoms with E-state index in [0.717, 1.165) is 28.5 Å². The smallest absolute Gasteiger partial charge is 0.244 e. The van der Waals surface area contributed by atoms with Gasteiger partial charge in [-0.15, -0.1) is 0 Å². The molecule has 15 heavy (non-hydrogen) atoms. The van der Waals surface area contributed by atoms with Crippen LogP contribution < -0.4 is 11.1 Å². The van der Waals surface area contributed by atoms with Crippen LogP contribution >= 0.6 is 22.6 Å². The summed E-state index contributed by atoms with van der Waals surface area (Å²) in [6, 6.07) is 7.71. The lowest BCUT2D eigenvalue weighted by Crippen LogP contribution is -2.56. The van der Waals surface area contributed by atoms with Crippen LogP contribution in [0.4, 0.5) is 5.69 Å². The van der Waals surface area contributed by atoms with Crippen LogP contribution in [0.5, 0.6) is 0 Å². The Hall–Kier alpha value is -0.620. The van der Waals surface area contributed by atoms with Gasteiger partial charge in [0.2, 0.25) is 5.91 Å². The van der Waals surface area contributed by atoms with E-state index in [2.05, 4.69) is 27.9 Å². The number of carbonyl (C=O) groups excluding carboxylic acids is 1. The summed E-state index contributed by atoms with van der Waals surface area (Å²) in [6.45, 7) is 0. The quantitative estimate of drug-likeness (QED) is 0.821. The van der Waals surface area contributed by atoms with E-state index >= 15 is 0 Å². The lowest BCUT2D eigenvalue weighted by molar-refractivity contribution is -0.123. The Bertz CT molecular complexity index is 388. The molecule has 1 aromatic rings. The summed E-state index contributed by atoms with van der Waals surface area (Å²) in [5.74, 6) is -0.0595. The number of amides is 1. The van der Waals surface area contributed by atoms with Gasteiger partial charge in [-0.1, -0.05) is 6.07 Å². The van der Waals surface area contributed by atoms with E-state index in [1.54, 1.807) is 0 Å². The van der Waals surface area contributed by atoms with Crippen LogP contribution in [-0.4, -0.2) is 11.4 Å². The first-order chi connectivity index (χ1) is 7.10. The van der Waals surface area contributed by atoms with Crippen molar-refractivity contribution in [3.05, 3.63) is 27.8 Å². The summed E-state index contributed by atoms with van der Waals surface area (Å²) in [5.41, 5.74) is 6.12. The molecule has 1 fully saturated rings. The molecule has 4 heteroatoms. The van der Waals surface area contributed by atoms with E-state index in [9.17, 15) is 4.79 Å². The second-order valence-electron chi connectivity index (χ2n) is 3.97. The van der Waals surface area contributed by atoms with Crippen LogP contribution in [0.15, 0.2) is 24.3 Å². The van der Waals surface area contributed by atoms with Crippen molar-refractivity contribution < 1.29 is 4.79 Å². The van der Waals surface area contributed by atoms with Crippen molar-refractivity contribution in [1.82, 2.24) is 0 Å². The predicted octanol–water partition coefficient (Wildman–Crippen LogP) is 2.11. The average molecular weight is 316 g/mol. The van der Waals surface area contributed by atoms with Crippen LogP contribution in [-0.2, 0) is 4.79 Å². The zero-order valence-electron chi connectivity index (χ0n) is 8.29. The van der Waals surface area contributed by atoms with Crippen molar-refractivity contribution in [2.45, 2.75) is 24.8 Å². The molecule has 0 spiro atoms. The number of rotatable bonds is 2. The molecular formula is C11H13IN2O. The van der Waals surface area contributed by atoms with Crippen LogP contribution in [0.2, 0.25) is 0 Å². The largest absolute Gasteiger partial charge is 0.324 e. The SMILES string of the molecule is NC1(C(=O)Nc2cccc(I)c2)CCC1. The Balaban J connectivity index is 2.06. The Morgan fingerprint density at radius 3 is 2.73 bits per heavy atom. The highest BCUT2D eigenvalue weighted by molar-refractivity contribution is 14.1. The summed E-state index contributed by atoms with van der Waals surface area (Å²) >= 11 is 2.21. The van der Waals surface area contributed by atoms with E-state index < -0.39 is 5.54 Å². The number of hydrogen-bond acceptors (Lipinski definition) is 2. The highest BCUT2D eigenvalue weighted by Crippen LogP contribution is 2.30. The van der Waals surface area contributed by atoms with E-state index in [0.29, 0.717) is 0 Å². The molecule has 0 aliphatic heterocycles. The van der Waals surface area contributed by atoms with Gasteiger partial charge in [0.05, 0.1) is 5.54 Å². The van der Waals surface area contributed by atoms with Gasteiger partial charge in [-0.05, 0) is 60.1 Å². The first-order valence-electron chi connectivity index (χ1n) is 4.96. The Morgan fingerprint density at radius 2 is 2.20 bits per heavy atom. The lowest BCUT2D eigenvalue weighted by Gasteiger charge is -2.36. The van der Waals surface area contributed by atoms with Crippen molar-refractivity contribution in [1.29, 1.82) is 0 Å². The number of hydrogen-bond donors (Lipinski definition) is 2. The lowest BCUT2D eigenvalue weighted by atomic mass is 9.77. The van der Waals surface area contributed by atoms with Gasteiger partial charge >= 0.3 is 0 Å². The van der Waals surface area contributed by atoms with Crippen LogP contribution in [0.25, 0.3) is 0 Å². The van der Waals surface area contributed by atoms with Crippen LogP contribution in [0.3, 0.4) is 0 Å². The third kappa shape index (κ3) is 2.31. The van der Waals surface area contributed by atoms with Gasteiger partial charge in [-0.3, -0.25) is 4.79 Å². The second kappa shape index (κ2) is 4.09. The summed E-state index contributed by atoms with van der Waals surface area (Å²) in [6.07, 6.45) is 2.64. The van der Waals surface area contributed by atoms with Crippen molar-refractivity contribution in [2.24, 2.45) is 5.73 Å². The van der Waals surface area contributed by atoms with Crippen molar-refractivity contribution in [3.63, 3.8) is 0 Å². The van der Waals surface area contributed by atoms with Gasteiger partial charge in [0.25, 0.3) is 0 Å². The standard InChI is InChI=1S/C11H13IN2O/c12-8-3-1-4-9(7-8)14-10(15)11(13)5-2-6-11/h1,3-4,7H,2,5-6,13H2,(H,14,15). The van der Waals surface area contributed by atoms with Gasteiger partial charge in [0.15, 0.2) is 0 Å². The highest BCUT2D eigenvalue weighted by atomic mass is 127. The van der Waals surface area contributed by atoms with E-state index in [-0.39, 0.29) is 5.91 Å². The molecule has 0 radical (unpaired) electrons. The minimum Gasteiger partial charge on any atom is -0.324 e. The molecule has 0 heterocycles. The number of benzene rings is 1. The Morgan fingerprint density at radius 1 is 1.47 bits per heavy atom. The molecule has 0 unspecified atom stereocenters. The molecule has 0 saturated heterocycles. The Labute approximate surface area is 103 Å². The molecule has 1 aliphatic rings. The Kier molecular flexibility index (Phi) is 2.97. The zero-order valence-corrected chi connectivity index (χ0v) is 10.5. The fourth-order valence-electron chi connectivity index (χ4n) is 1.61. The van der Waals surface area contributed by atoms with E-state index in [4.69, 9.17) is 5.73 Å². The molecule has 1 amide bonds. The summed E-state index contributed by atoms with van der Waals surface area (Å²) in [5, 5.41) is 2.86. The van der Waals surface area contributed by atoms with E-state index in [1.807, 2.05) is 24.3 Å². The number of halogens is 1. The minimum absolute atomic E-state index is 0.0595. The monoisotopic (exact) mass is 316 g/mol. The van der Waals surface area contributed by atoms with E-state index in [1.165, 1.54) is 0 Å². The normalized spacial score (nSPS) is 18.0. The molecular weight excluding hydrogens is 303 g/mol. The molecule has 2 rings (SSSR count). The highest BCUT2D eigenvalue weighted by Gasteiger charge is 2.40. The predicted molar refractivity (Wildman–Crippen MR) is 68.6 cm³/mol. The molecule has 0 aromatic heterocycles. The second-order valence-corrected chi connectivity index (χ2v) is 5.22. The maximum absolute atomic E-state index is 11.8. The van der Waals surface area contributed by atoms with Crippen molar-refractivity contribution >= 4 is 34.2 Å². The number of anilines is 1. The fourth-order valence-corrected chi connectivity index (χ4v) is 2.15. The molecule has 1 aromatic carbocycles. The average Bonchev–Trinajstić information content (AvgIpc) is 2.14. The topological polar surface area (TPSA) is 55.1 Å². The fraction of sp³-hybridized carbons (Fsp3) is 0.364. The van der Waals surface area contributed by atoms with Gasteiger partial charge in [0, 0.05) is 9.26 Å². The summed E-state index contributed by atoms with van der Waals surface area (Å²) < 4.78 is 1.10. The summed E-state index contributed by atoms with van der Waals surface area (Å²) in [7, 11) is 0. The van der Waals surface area contributed by atoms with Gasteiger partial charge < -0.3 is 11.1 Å². The number of nitrogens with two attached hydrogens (primary N) is 1. The number of nitrogens with one attached hydrogen (secondary N) is 1. The third-order valence-electron chi connectivity index (χ3n) is 2.78. The van der Waals surface area contributed by atoms with Gasteiger partial charge in [-0.25, -0.2) is 0 Å². The third-order valence-corrected chi connectivity index (χ3v) is 3.45. The molecule has 0 bridgehead atoms. The zero-order chi connectivity index (χ0) is 10.9. The van der Waals surface area contributed by atoms with Crippen molar-refractivity contribution in [3.8, 4) is 0 Å². The van der Waals surface area contributed by atoms with Crippen LogP contribution in [0, 0.1) is 3.57 Å². The molecule has 3 nitrogen and oxygen atoms in total. The van der Waals surface area contributed by atoms with Gasteiger partial charge in [-0.2, -0.15) is 0 Å². The molecule has 1 saturated carbocycles. The maximum atomic E-state index is 11.8. The molecule has 1 aliphatic carbocycles. The van der Waals surface area contributed by atoms with Gasteiger partial charge in [0.1, 0.15) is 0 Å². The molecule has 3 N–H and O–H groups in total. The molecule has 80 valence electrons. The first kappa shape index (κ1) is 10.9.